The summed E-state index contributed by atoms with van der Waals surface area (Å²) in [6.07, 6.45) is 0. The summed E-state index contributed by atoms with van der Waals surface area (Å²) in [6.45, 7) is 1.82. The fraction of sp³-hybridized carbons (Fsp3) is 0.429. The molecule has 0 aromatic heterocycles. The first kappa shape index (κ1) is 17.0. The lowest BCUT2D eigenvalue weighted by atomic mass is 10.1. The second-order valence-electron chi connectivity index (χ2n) is 4.97. The van der Waals surface area contributed by atoms with Gasteiger partial charge in [0, 0.05) is 19.7 Å². The van der Waals surface area contributed by atoms with E-state index in [1.807, 2.05) is 0 Å². The van der Waals surface area contributed by atoms with Crippen molar-refractivity contribution in [3.8, 4) is 0 Å². The quantitative estimate of drug-likeness (QED) is 0.764. The van der Waals surface area contributed by atoms with Crippen LogP contribution in [0.3, 0.4) is 0 Å². The van der Waals surface area contributed by atoms with E-state index in [9.17, 15) is 18.4 Å². The number of hydrogen-bond donors (Lipinski definition) is 2. The molecule has 1 aromatic carbocycles. The maximum atomic E-state index is 13.1. The summed E-state index contributed by atoms with van der Waals surface area (Å²) in [5, 5.41) is 4.18. The Bertz CT molecular complexity index is 521. The largest absolute Gasteiger partial charge is 0.347 e. The number of hydrogen-bond acceptors (Lipinski definition) is 2. The molecule has 7 heteroatoms. The number of amides is 2. The number of carbonyl (C=O) groups is 2. The van der Waals surface area contributed by atoms with Crippen molar-refractivity contribution in [2.45, 2.75) is 13.0 Å². The highest BCUT2D eigenvalue weighted by molar-refractivity contribution is 5.84. The SMILES string of the molecule is C[C@H]([NH2+]CC(=O)NCC(=O)N(C)C)c1ccc(F)c(F)c1. The maximum Gasteiger partial charge on any atom is 0.275 e. The van der Waals surface area contributed by atoms with Crippen molar-refractivity contribution < 1.29 is 23.7 Å². The average Bonchev–Trinajstić information content (AvgIpc) is 2.44. The van der Waals surface area contributed by atoms with Crippen molar-refractivity contribution in [2.75, 3.05) is 27.2 Å². The number of likely N-dealkylation sites (N-methyl/N-ethyl adjacent to an activating group) is 1. The minimum atomic E-state index is -0.909. The summed E-state index contributed by atoms with van der Waals surface area (Å²) in [5.74, 6) is -2.30. The van der Waals surface area contributed by atoms with Gasteiger partial charge in [0.15, 0.2) is 18.2 Å². The molecule has 1 rings (SSSR count). The van der Waals surface area contributed by atoms with Crippen LogP contribution in [0.4, 0.5) is 8.78 Å². The number of carbonyl (C=O) groups excluding carboxylic acids is 2. The molecule has 0 fully saturated rings. The van der Waals surface area contributed by atoms with E-state index in [0.29, 0.717) is 5.56 Å². The number of rotatable bonds is 6. The molecule has 116 valence electrons. The van der Waals surface area contributed by atoms with Crippen molar-refractivity contribution in [2.24, 2.45) is 0 Å². The zero-order valence-corrected chi connectivity index (χ0v) is 12.3. The molecule has 21 heavy (non-hydrogen) atoms. The summed E-state index contributed by atoms with van der Waals surface area (Å²) in [6, 6.07) is 3.46. The number of nitrogens with one attached hydrogen (secondary N) is 1. The van der Waals surface area contributed by atoms with E-state index in [4.69, 9.17) is 0 Å². The monoisotopic (exact) mass is 300 g/mol. The van der Waals surface area contributed by atoms with Gasteiger partial charge >= 0.3 is 0 Å². The van der Waals surface area contributed by atoms with Crippen LogP contribution in [0.1, 0.15) is 18.5 Å². The molecular formula is C14H20F2N3O2+. The number of benzene rings is 1. The summed E-state index contributed by atoms with van der Waals surface area (Å²) in [5.41, 5.74) is 0.589. The number of halogens is 2. The zero-order chi connectivity index (χ0) is 16.0. The molecule has 5 nitrogen and oxygen atoms in total. The summed E-state index contributed by atoms with van der Waals surface area (Å²) < 4.78 is 25.9. The normalized spacial score (nSPS) is 11.9. The van der Waals surface area contributed by atoms with Gasteiger partial charge in [-0.05, 0) is 25.1 Å². The Kier molecular flexibility index (Phi) is 6.23. The highest BCUT2D eigenvalue weighted by Gasteiger charge is 2.14. The van der Waals surface area contributed by atoms with Crippen LogP contribution < -0.4 is 10.6 Å². The first-order valence-electron chi connectivity index (χ1n) is 6.56. The van der Waals surface area contributed by atoms with Gasteiger partial charge in [0.1, 0.15) is 6.04 Å². The lowest BCUT2D eigenvalue weighted by molar-refractivity contribution is -0.682. The van der Waals surface area contributed by atoms with Gasteiger partial charge in [-0.1, -0.05) is 0 Å². The van der Waals surface area contributed by atoms with Gasteiger partial charge in [-0.3, -0.25) is 9.59 Å². The van der Waals surface area contributed by atoms with Crippen LogP contribution in [-0.4, -0.2) is 43.9 Å². The Morgan fingerprint density at radius 3 is 2.52 bits per heavy atom. The third-order valence-electron chi connectivity index (χ3n) is 3.06. The highest BCUT2D eigenvalue weighted by atomic mass is 19.2. The van der Waals surface area contributed by atoms with Crippen LogP contribution in [0.2, 0.25) is 0 Å². The molecule has 1 atom stereocenters. The second kappa shape index (κ2) is 7.68. The lowest BCUT2D eigenvalue weighted by Gasteiger charge is -2.13. The van der Waals surface area contributed by atoms with E-state index in [0.717, 1.165) is 12.1 Å². The van der Waals surface area contributed by atoms with Crippen molar-refractivity contribution >= 4 is 11.8 Å². The molecule has 2 amide bonds. The molecule has 0 heterocycles. The van der Waals surface area contributed by atoms with Gasteiger partial charge in [-0.2, -0.15) is 0 Å². The molecule has 0 aliphatic rings. The van der Waals surface area contributed by atoms with Gasteiger partial charge in [0.2, 0.25) is 5.91 Å². The fourth-order valence-electron chi connectivity index (χ4n) is 1.62. The Labute approximate surface area is 122 Å². The van der Waals surface area contributed by atoms with Crippen LogP contribution in [0.5, 0.6) is 0 Å². The predicted molar refractivity (Wildman–Crippen MR) is 73.3 cm³/mol. The number of nitrogens with zero attached hydrogens (tertiary/aromatic N) is 1. The average molecular weight is 300 g/mol. The van der Waals surface area contributed by atoms with Crippen molar-refractivity contribution in [3.05, 3.63) is 35.4 Å². The third-order valence-corrected chi connectivity index (χ3v) is 3.06. The molecule has 0 spiro atoms. The fourth-order valence-corrected chi connectivity index (χ4v) is 1.62. The topological polar surface area (TPSA) is 66.0 Å². The van der Waals surface area contributed by atoms with E-state index in [-0.39, 0.29) is 30.9 Å². The summed E-state index contributed by atoms with van der Waals surface area (Å²) >= 11 is 0. The minimum absolute atomic E-state index is 0.0563. The van der Waals surface area contributed by atoms with Crippen LogP contribution in [-0.2, 0) is 9.59 Å². The molecule has 3 N–H and O–H groups in total. The molecule has 0 aliphatic carbocycles. The lowest BCUT2D eigenvalue weighted by Crippen LogP contribution is -2.87. The number of nitrogens with two attached hydrogens (primary N) is 1. The molecule has 0 aliphatic heterocycles. The predicted octanol–water partition coefficient (Wildman–Crippen LogP) is -0.206. The van der Waals surface area contributed by atoms with Crippen LogP contribution in [0.25, 0.3) is 0 Å². The van der Waals surface area contributed by atoms with Gasteiger partial charge in [-0.15, -0.1) is 0 Å². The Morgan fingerprint density at radius 1 is 1.29 bits per heavy atom. The zero-order valence-electron chi connectivity index (χ0n) is 12.3. The standard InChI is InChI=1S/C14H19F2N3O2/c1-9(10-4-5-11(15)12(16)6-10)17-7-13(20)18-8-14(21)19(2)3/h4-6,9,17H,7-8H2,1-3H3,(H,18,20)/p+1/t9-/m0/s1. The smallest absolute Gasteiger partial charge is 0.275 e. The summed E-state index contributed by atoms with van der Waals surface area (Å²) in [7, 11) is 3.21. The van der Waals surface area contributed by atoms with Crippen LogP contribution >= 0.6 is 0 Å². The van der Waals surface area contributed by atoms with Crippen LogP contribution in [0, 0.1) is 11.6 Å². The summed E-state index contributed by atoms with van der Waals surface area (Å²) in [4.78, 5) is 24.3. The van der Waals surface area contributed by atoms with Gasteiger partial charge < -0.3 is 15.5 Å². The first-order valence-corrected chi connectivity index (χ1v) is 6.56. The maximum absolute atomic E-state index is 13.1. The van der Waals surface area contributed by atoms with Crippen LogP contribution in [0.15, 0.2) is 18.2 Å². The Balaban J connectivity index is 2.41. The van der Waals surface area contributed by atoms with Gasteiger partial charge in [0.25, 0.3) is 5.91 Å². The molecular weight excluding hydrogens is 280 g/mol. The van der Waals surface area contributed by atoms with E-state index >= 15 is 0 Å². The van der Waals surface area contributed by atoms with E-state index in [2.05, 4.69) is 5.32 Å². The molecule has 0 unspecified atom stereocenters. The van der Waals surface area contributed by atoms with E-state index in [1.54, 1.807) is 26.3 Å². The highest BCUT2D eigenvalue weighted by Crippen LogP contribution is 2.12. The molecule has 0 saturated heterocycles. The van der Waals surface area contributed by atoms with Crippen molar-refractivity contribution in [1.29, 1.82) is 0 Å². The molecule has 0 radical (unpaired) electrons. The minimum Gasteiger partial charge on any atom is -0.347 e. The van der Waals surface area contributed by atoms with Gasteiger partial charge in [0.05, 0.1) is 6.54 Å². The second-order valence-corrected chi connectivity index (χ2v) is 4.97. The molecule has 1 aromatic rings. The molecule has 0 saturated carbocycles. The molecule has 0 bridgehead atoms. The Hall–Kier alpha value is -2.02. The third kappa shape index (κ3) is 5.47. The van der Waals surface area contributed by atoms with E-state index in [1.165, 1.54) is 11.0 Å². The van der Waals surface area contributed by atoms with Crippen molar-refractivity contribution in [1.82, 2.24) is 10.2 Å². The first-order chi connectivity index (χ1) is 9.81. The van der Waals surface area contributed by atoms with Gasteiger partial charge in [-0.25, -0.2) is 8.78 Å². The Morgan fingerprint density at radius 2 is 1.95 bits per heavy atom. The van der Waals surface area contributed by atoms with E-state index < -0.39 is 11.6 Å². The van der Waals surface area contributed by atoms with Crippen molar-refractivity contribution in [3.63, 3.8) is 0 Å². The number of quaternary nitrogens is 1.